The molecule has 0 aliphatic carbocycles. The van der Waals surface area contributed by atoms with Crippen LogP contribution >= 0.6 is 0 Å². The highest BCUT2D eigenvalue weighted by Gasteiger charge is 2.42. The molecule has 4 nitrogen and oxygen atoms in total. The van der Waals surface area contributed by atoms with Crippen molar-refractivity contribution in [3.8, 4) is 11.3 Å². The second-order valence-electron chi connectivity index (χ2n) is 8.21. The lowest BCUT2D eigenvalue weighted by atomic mass is 9.79. The minimum atomic E-state index is 0.115. The van der Waals surface area contributed by atoms with Crippen LogP contribution in [0.15, 0.2) is 96.7 Å². The molecule has 0 fully saturated rings. The smallest absolute Gasteiger partial charge is 0.213 e. The van der Waals surface area contributed by atoms with Gasteiger partial charge in [-0.25, -0.2) is 0 Å². The average Bonchev–Trinajstić information content (AvgIpc) is 2.80. The molecule has 0 bridgehead atoms. The molecule has 0 saturated carbocycles. The molecule has 4 rings (SSSR count). The Morgan fingerprint density at radius 1 is 1.19 bits per heavy atom. The maximum atomic E-state index is 7.73. The molecule has 2 aliphatic heterocycles. The number of rotatable bonds is 3. The summed E-state index contributed by atoms with van der Waals surface area (Å²) >= 11 is 0. The van der Waals surface area contributed by atoms with Crippen molar-refractivity contribution in [1.29, 1.82) is 5.41 Å². The van der Waals surface area contributed by atoms with E-state index < -0.39 is 0 Å². The Labute approximate surface area is 184 Å². The summed E-state index contributed by atoms with van der Waals surface area (Å²) in [7, 11) is 0. The van der Waals surface area contributed by atoms with Crippen molar-refractivity contribution in [2.75, 3.05) is 0 Å². The highest BCUT2D eigenvalue weighted by atomic mass is 16.5. The molecule has 0 saturated heterocycles. The predicted molar refractivity (Wildman–Crippen MR) is 125 cm³/mol. The molecular formula is C27H30N3O+. The van der Waals surface area contributed by atoms with Gasteiger partial charge in [0.05, 0.1) is 11.5 Å². The molecule has 4 heteroatoms. The topological polar surface area (TPSA) is 49.0 Å². The number of nitrogens with zero attached hydrogens (tertiary/aromatic N) is 1. The number of nitrogens with one attached hydrogen (secondary N) is 2. The summed E-state index contributed by atoms with van der Waals surface area (Å²) in [4.78, 5) is 0. The summed E-state index contributed by atoms with van der Waals surface area (Å²) in [6.45, 7) is 16.6. The zero-order valence-electron chi connectivity index (χ0n) is 18.4. The fourth-order valence-corrected chi connectivity index (χ4v) is 5.02. The quantitative estimate of drug-likeness (QED) is 0.284. The van der Waals surface area contributed by atoms with E-state index >= 15 is 0 Å². The Balaban J connectivity index is 1.84. The van der Waals surface area contributed by atoms with Gasteiger partial charge in [-0.2, -0.15) is 4.57 Å². The molecule has 1 aromatic carbocycles. The van der Waals surface area contributed by atoms with Crippen molar-refractivity contribution in [3.05, 3.63) is 102 Å². The van der Waals surface area contributed by atoms with Crippen LogP contribution in [0.5, 0.6) is 0 Å². The third kappa shape index (κ3) is 3.74. The van der Waals surface area contributed by atoms with E-state index in [2.05, 4.69) is 85.2 Å². The Bertz CT molecular complexity index is 1120. The minimum absolute atomic E-state index is 0.115. The molecule has 2 unspecified atom stereocenters. The number of allylic oxidation sites excluding steroid dienone is 2. The largest absolute Gasteiger partial charge is 0.444 e. The van der Waals surface area contributed by atoms with Crippen LogP contribution in [-0.4, -0.2) is 5.90 Å². The van der Waals surface area contributed by atoms with Gasteiger partial charge in [0.1, 0.15) is 5.76 Å². The van der Waals surface area contributed by atoms with Gasteiger partial charge in [-0.3, -0.25) is 5.41 Å². The van der Waals surface area contributed by atoms with E-state index in [1.54, 1.807) is 6.92 Å². The third-order valence-corrected chi connectivity index (χ3v) is 6.27. The summed E-state index contributed by atoms with van der Waals surface area (Å²) in [6.07, 6.45) is 4.89. The van der Waals surface area contributed by atoms with Gasteiger partial charge < -0.3 is 10.1 Å². The predicted octanol–water partition coefficient (Wildman–Crippen LogP) is 5.92. The molecule has 0 spiro atoms. The maximum absolute atomic E-state index is 7.73. The lowest BCUT2D eigenvalue weighted by Crippen LogP contribution is -2.48. The molecule has 2 aromatic rings. The van der Waals surface area contributed by atoms with E-state index in [-0.39, 0.29) is 17.9 Å². The summed E-state index contributed by atoms with van der Waals surface area (Å²) in [5.74, 6) is 0.698. The first-order valence-electron chi connectivity index (χ1n) is 10.8. The van der Waals surface area contributed by atoms with Crippen LogP contribution in [0.4, 0.5) is 0 Å². The van der Waals surface area contributed by atoms with Gasteiger partial charge in [0.2, 0.25) is 5.69 Å². The van der Waals surface area contributed by atoms with Crippen molar-refractivity contribution in [1.82, 2.24) is 5.32 Å². The van der Waals surface area contributed by atoms with Crippen molar-refractivity contribution >= 4 is 5.90 Å². The first kappa shape index (κ1) is 20.9. The highest BCUT2D eigenvalue weighted by molar-refractivity contribution is 5.72. The van der Waals surface area contributed by atoms with Crippen LogP contribution in [0.1, 0.15) is 50.6 Å². The Morgan fingerprint density at radius 3 is 2.68 bits per heavy atom. The van der Waals surface area contributed by atoms with Gasteiger partial charge in [-0.05, 0) is 30.5 Å². The second kappa shape index (κ2) is 8.38. The average molecular weight is 413 g/mol. The molecule has 2 aliphatic rings. The summed E-state index contributed by atoms with van der Waals surface area (Å²) in [6, 6.07) is 15.2. The first-order valence-corrected chi connectivity index (χ1v) is 10.8. The Hall–Kier alpha value is -3.40. The van der Waals surface area contributed by atoms with Gasteiger partial charge >= 0.3 is 0 Å². The fourth-order valence-electron chi connectivity index (χ4n) is 5.02. The molecule has 2 N–H and O–H groups in total. The van der Waals surface area contributed by atoms with Gasteiger partial charge in [-0.15, -0.1) is 0 Å². The molecule has 3 heterocycles. The number of hydrogen-bond acceptors (Lipinski definition) is 3. The molecule has 2 atom stereocenters. The van der Waals surface area contributed by atoms with Gasteiger partial charge in [0.25, 0.3) is 0 Å². The van der Waals surface area contributed by atoms with Crippen molar-refractivity contribution < 1.29 is 9.30 Å². The van der Waals surface area contributed by atoms with E-state index in [0.29, 0.717) is 5.76 Å². The normalized spacial score (nSPS) is 22.6. The summed E-state index contributed by atoms with van der Waals surface area (Å²) < 4.78 is 7.99. The zero-order chi connectivity index (χ0) is 22.1. The molecule has 31 heavy (non-hydrogen) atoms. The number of fused-ring (bicyclic) bond motifs is 6. The summed E-state index contributed by atoms with van der Waals surface area (Å²) in [5, 5.41) is 11.2. The highest BCUT2D eigenvalue weighted by Crippen LogP contribution is 2.44. The zero-order valence-corrected chi connectivity index (χ0v) is 18.4. The lowest BCUT2D eigenvalue weighted by Gasteiger charge is -2.32. The molecule has 0 amide bonds. The van der Waals surface area contributed by atoms with E-state index in [0.717, 1.165) is 36.2 Å². The van der Waals surface area contributed by atoms with Crippen LogP contribution < -0.4 is 9.88 Å². The number of aromatic nitrogens is 1. The number of ether oxygens (including phenoxy) is 1. The SMILES string of the molecule is C=C1NC(=C)C2c3ccccc3-c3cccc[n+]3C2CC/C(CC)=C\1C(=C)OC(C)=N. The van der Waals surface area contributed by atoms with E-state index in [1.165, 1.54) is 22.4 Å². The molecule has 158 valence electrons. The van der Waals surface area contributed by atoms with Crippen LogP contribution in [0.25, 0.3) is 11.3 Å². The van der Waals surface area contributed by atoms with E-state index in [4.69, 9.17) is 10.1 Å². The van der Waals surface area contributed by atoms with E-state index in [9.17, 15) is 0 Å². The van der Waals surface area contributed by atoms with Crippen molar-refractivity contribution in [2.24, 2.45) is 0 Å². The van der Waals surface area contributed by atoms with Gasteiger partial charge in [-0.1, -0.05) is 50.4 Å². The third-order valence-electron chi connectivity index (χ3n) is 6.27. The van der Waals surface area contributed by atoms with Gasteiger partial charge in [0, 0.05) is 42.4 Å². The first-order chi connectivity index (χ1) is 14.9. The number of pyridine rings is 1. The van der Waals surface area contributed by atoms with Crippen LogP contribution in [0, 0.1) is 5.41 Å². The standard InChI is InChI=1S/C27H30N3O/c1-6-21-14-15-25-27(18(3)29-17(2)26(21)19(4)31-20(5)28)23-12-8-7-11-22(23)24-13-9-10-16-30(24)25/h7-13,16,25,27-29H,2-4,6,14-15H2,1,5H3/q+1/b26-21+,28-20?. The molecule has 0 radical (unpaired) electrons. The van der Waals surface area contributed by atoms with E-state index in [1.807, 2.05) is 0 Å². The monoisotopic (exact) mass is 412 g/mol. The number of hydrogen-bond donors (Lipinski definition) is 2. The molecule has 1 aromatic heterocycles. The Kier molecular flexibility index (Phi) is 5.64. The maximum Gasteiger partial charge on any atom is 0.213 e. The fraction of sp³-hybridized carbons (Fsp3) is 0.259. The minimum Gasteiger partial charge on any atom is -0.444 e. The van der Waals surface area contributed by atoms with Crippen LogP contribution in [0.3, 0.4) is 0 Å². The van der Waals surface area contributed by atoms with Crippen LogP contribution in [0.2, 0.25) is 0 Å². The lowest BCUT2D eigenvalue weighted by molar-refractivity contribution is -0.717. The Morgan fingerprint density at radius 2 is 1.94 bits per heavy atom. The molecular weight excluding hydrogens is 382 g/mol. The van der Waals surface area contributed by atoms with Crippen LogP contribution in [-0.2, 0) is 4.74 Å². The van der Waals surface area contributed by atoms with Gasteiger partial charge in [0.15, 0.2) is 18.1 Å². The second-order valence-corrected chi connectivity index (χ2v) is 8.21. The number of benzene rings is 1. The summed E-state index contributed by atoms with van der Waals surface area (Å²) in [5.41, 5.74) is 7.52. The van der Waals surface area contributed by atoms with Crippen molar-refractivity contribution in [3.63, 3.8) is 0 Å². The van der Waals surface area contributed by atoms with Crippen molar-refractivity contribution in [2.45, 2.75) is 45.1 Å².